The summed E-state index contributed by atoms with van der Waals surface area (Å²) in [6.07, 6.45) is 0.676. The standard InChI is InChI=1S/C9H17N3O/c1-7-6-8(10)11-12(7)5-4-9(2,3)13/h6,13H,4-5H2,1-3H3,(H2,10,11). The van der Waals surface area contributed by atoms with Crippen molar-refractivity contribution < 1.29 is 5.11 Å². The first-order valence-electron chi connectivity index (χ1n) is 4.41. The molecule has 0 saturated carbocycles. The van der Waals surface area contributed by atoms with Gasteiger partial charge in [-0.25, -0.2) is 0 Å². The topological polar surface area (TPSA) is 64.1 Å². The highest BCUT2D eigenvalue weighted by Gasteiger charge is 2.13. The number of hydrogen-bond acceptors (Lipinski definition) is 3. The molecule has 0 aliphatic heterocycles. The molecule has 0 fully saturated rings. The van der Waals surface area contributed by atoms with Crippen LogP contribution in [0.3, 0.4) is 0 Å². The van der Waals surface area contributed by atoms with E-state index >= 15 is 0 Å². The van der Waals surface area contributed by atoms with Gasteiger partial charge in [-0.2, -0.15) is 5.10 Å². The normalized spacial score (nSPS) is 12.0. The third kappa shape index (κ3) is 3.06. The van der Waals surface area contributed by atoms with E-state index in [0.29, 0.717) is 18.8 Å². The molecular formula is C9H17N3O. The summed E-state index contributed by atoms with van der Waals surface area (Å²) in [5.74, 6) is 0.535. The second kappa shape index (κ2) is 3.38. The third-order valence-electron chi connectivity index (χ3n) is 1.94. The number of hydrogen-bond donors (Lipinski definition) is 2. The number of nitrogens with two attached hydrogens (primary N) is 1. The number of nitrogens with zero attached hydrogens (tertiary/aromatic N) is 2. The summed E-state index contributed by atoms with van der Waals surface area (Å²) in [5, 5.41) is 13.6. The van der Waals surface area contributed by atoms with E-state index in [2.05, 4.69) is 5.10 Å². The summed E-state index contributed by atoms with van der Waals surface area (Å²) in [4.78, 5) is 0. The number of aliphatic hydroxyl groups is 1. The number of aryl methyl sites for hydroxylation is 2. The van der Waals surface area contributed by atoms with Crippen LogP contribution in [0.2, 0.25) is 0 Å². The number of nitrogen functional groups attached to an aromatic ring is 1. The molecule has 74 valence electrons. The summed E-state index contributed by atoms with van der Waals surface area (Å²) >= 11 is 0. The van der Waals surface area contributed by atoms with Gasteiger partial charge in [0.05, 0.1) is 5.60 Å². The Morgan fingerprint density at radius 3 is 2.62 bits per heavy atom. The molecule has 0 saturated heterocycles. The quantitative estimate of drug-likeness (QED) is 0.732. The molecule has 1 rings (SSSR count). The van der Waals surface area contributed by atoms with E-state index in [1.165, 1.54) is 0 Å². The average molecular weight is 183 g/mol. The molecule has 0 aromatic carbocycles. The van der Waals surface area contributed by atoms with Crippen LogP contribution in [0.15, 0.2) is 6.07 Å². The highest BCUT2D eigenvalue weighted by molar-refractivity contribution is 5.28. The SMILES string of the molecule is Cc1cc(N)nn1CCC(C)(C)O. The molecule has 1 aromatic rings. The Kier molecular flexibility index (Phi) is 2.61. The monoisotopic (exact) mass is 183 g/mol. The van der Waals surface area contributed by atoms with Gasteiger partial charge in [-0.3, -0.25) is 4.68 Å². The van der Waals surface area contributed by atoms with E-state index < -0.39 is 5.60 Å². The fourth-order valence-corrected chi connectivity index (χ4v) is 1.14. The van der Waals surface area contributed by atoms with E-state index in [0.717, 1.165) is 5.69 Å². The van der Waals surface area contributed by atoms with Crippen LogP contribution < -0.4 is 5.73 Å². The van der Waals surface area contributed by atoms with Gasteiger partial charge in [-0.1, -0.05) is 0 Å². The largest absolute Gasteiger partial charge is 0.390 e. The molecule has 13 heavy (non-hydrogen) atoms. The maximum Gasteiger partial charge on any atom is 0.145 e. The van der Waals surface area contributed by atoms with Crippen molar-refractivity contribution in [3.8, 4) is 0 Å². The van der Waals surface area contributed by atoms with Crippen molar-refractivity contribution >= 4 is 5.82 Å². The van der Waals surface area contributed by atoms with Gasteiger partial charge in [0.2, 0.25) is 0 Å². The minimum absolute atomic E-state index is 0.535. The molecule has 0 aliphatic rings. The lowest BCUT2D eigenvalue weighted by atomic mass is 10.1. The fourth-order valence-electron chi connectivity index (χ4n) is 1.14. The van der Waals surface area contributed by atoms with Crippen LogP contribution in [-0.2, 0) is 6.54 Å². The Bertz CT molecular complexity index is 286. The van der Waals surface area contributed by atoms with Crippen molar-refractivity contribution in [2.45, 2.75) is 39.3 Å². The molecule has 0 bridgehead atoms. The molecule has 0 unspecified atom stereocenters. The van der Waals surface area contributed by atoms with Crippen LogP contribution in [0.25, 0.3) is 0 Å². The minimum atomic E-state index is -0.646. The molecule has 0 aliphatic carbocycles. The van der Waals surface area contributed by atoms with Gasteiger partial charge in [-0.05, 0) is 27.2 Å². The Balaban J connectivity index is 2.59. The summed E-state index contributed by atoms with van der Waals surface area (Å²) in [6, 6.07) is 1.82. The summed E-state index contributed by atoms with van der Waals surface area (Å²) < 4.78 is 1.81. The second-order valence-corrected chi connectivity index (χ2v) is 4.00. The molecule has 0 amide bonds. The molecule has 3 N–H and O–H groups in total. The summed E-state index contributed by atoms with van der Waals surface area (Å²) in [7, 11) is 0. The second-order valence-electron chi connectivity index (χ2n) is 4.00. The molecule has 0 atom stereocenters. The summed E-state index contributed by atoms with van der Waals surface area (Å²) in [5.41, 5.74) is 5.91. The number of anilines is 1. The Morgan fingerprint density at radius 1 is 1.62 bits per heavy atom. The van der Waals surface area contributed by atoms with Crippen molar-refractivity contribution in [3.63, 3.8) is 0 Å². The van der Waals surface area contributed by atoms with Crippen molar-refractivity contribution in [3.05, 3.63) is 11.8 Å². The van der Waals surface area contributed by atoms with Gasteiger partial charge < -0.3 is 10.8 Å². The first-order chi connectivity index (χ1) is 5.88. The van der Waals surface area contributed by atoms with E-state index in [-0.39, 0.29) is 0 Å². The molecule has 4 heteroatoms. The van der Waals surface area contributed by atoms with E-state index in [1.54, 1.807) is 13.8 Å². The predicted octanol–water partition coefficient (Wildman–Crippen LogP) is 0.935. The zero-order valence-corrected chi connectivity index (χ0v) is 8.41. The maximum absolute atomic E-state index is 9.50. The fraction of sp³-hybridized carbons (Fsp3) is 0.667. The van der Waals surface area contributed by atoms with E-state index in [4.69, 9.17) is 5.73 Å². The molecule has 4 nitrogen and oxygen atoms in total. The highest BCUT2D eigenvalue weighted by atomic mass is 16.3. The zero-order chi connectivity index (χ0) is 10.1. The van der Waals surface area contributed by atoms with Crippen LogP contribution in [0.4, 0.5) is 5.82 Å². The van der Waals surface area contributed by atoms with Gasteiger partial charge in [0.15, 0.2) is 0 Å². The maximum atomic E-state index is 9.50. The van der Waals surface area contributed by atoms with Crippen LogP contribution in [0, 0.1) is 6.92 Å². The van der Waals surface area contributed by atoms with Crippen molar-refractivity contribution in [1.29, 1.82) is 0 Å². The van der Waals surface area contributed by atoms with Gasteiger partial charge in [0, 0.05) is 18.3 Å². The Hall–Kier alpha value is -1.03. The molecular weight excluding hydrogens is 166 g/mol. The van der Waals surface area contributed by atoms with Crippen LogP contribution >= 0.6 is 0 Å². The zero-order valence-electron chi connectivity index (χ0n) is 8.41. The molecule has 0 radical (unpaired) electrons. The van der Waals surface area contributed by atoms with Gasteiger partial charge >= 0.3 is 0 Å². The van der Waals surface area contributed by atoms with Gasteiger partial charge in [-0.15, -0.1) is 0 Å². The molecule has 1 aromatic heterocycles. The summed E-state index contributed by atoms with van der Waals surface area (Å²) in [6.45, 7) is 6.23. The van der Waals surface area contributed by atoms with E-state index in [1.807, 2.05) is 17.7 Å². The van der Waals surface area contributed by atoms with Crippen LogP contribution in [0.5, 0.6) is 0 Å². The van der Waals surface area contributed by atoms with Crippen LogP contribution in [0.1, 0.15) is 26.0 Å². The highest BCUT2D eigenvalue weighted by Crippen LogP contribution is 2.11. The first kappa shape index (κ1) is 10.1. The lowest BCUT2D eigenvalue weighted by Crippen LogP contribution is -2.21. The van der Waals surface area contributed by atoms with Crippen molar-refractivity contribution in [2.24, 2.45) is 0 Å². The number of rotatable bonds is 3. The van der Waals surface area contributed by atoms with Gasteiger partial charge in [0.1, 0.15) is 5.82 Å². The Labute approximate surface area is 78.4 Å². The van der Waals surface area contributed by atoms with Crippen molar-refractivity contribution in [2.75, 3.05) is 5.73 Å². The smallest absolute Gasteiger partial charge is 0.145 e. The van der Waals surface area contributed by atoms with E-state index in [9.17, 15) is 5.11 Å². The molecule has 0 spiro atoms. The third-order valence-corrected chi connectivity index (χ3v) is 1.94. The van der Waals surface area contributed by atoms with Crippen LogP contribution in [-0.4, -0.2) is 20.5 Å². The number of aromatic nitrogens is 2. The molecule has 1 heterocycles. The first-order valence-corrected chi connectivity index (χ1v) is 4.41. The predicted molar refractivity (Wildman–Crippen MR) is 52.3 cm³/mol. The average Bonchev–Trinajstić information content (AvgIpc) is 2.24. The minimum Gasteiger partial charge on any atom is -0.390 e. The lowest BCUT2D eigenvalue weighted by Gasteiger charge is -2.16. The van der Waals surface area contributed by atoms with Gasteiger partial charge in [0.25, 0.3) is 0 Å². The lowest BCUT2D eigenvalue weighted by molar-refractivity contribution is 0.0649. The Morgan fingerprint density at radius 2 is 2.23 bits per heavy atom. The van der Waals surface area contributed by atoms with Crippen molar-refractivity contribution in [1.82, 2.24) is 9.78 Å².